The van der Waals surface area contributed by atoms with Crippen molar-refractivity contribution in [3.63, 3.8) is 0 Å². The van der Waals surface area contributed by atoms with Gasteiger partial charge in [0, 0.05) is 38.3 Å². The van der Waals surface area contributed by atoms with Crippen LogP contribution in [0.3, 0.4) is 0 Å². The van der Waals surface area contributed by atoms with Gasteiger partial charge in [0.05, 0.1) is 14.9 Å². The maximum atomic E-state index is 12.8. The molecule has 2 aromatic rings. The lowest BCUT2D eigenvalue weighted by Crippen LogP contribution is -2.48. The van der Waals surface area contributed by atoms with Crippen LogP contribution in [0.5, 0.6) is 0 Å². The van der Waals surface area contributed by atoms with E-state index in [0.717, 1.165) is 5.56 Å². The van der Waals surface area contributed by atoms with Crippen LogP contribution in [0, 0.1) is 0 Å². The number of hydrogen-bond donors (Lipinski definition) is 0. The van der Waals surface area contributed by atoms with Crippen molar-refractivity contribution in [2.75, 3.05) is 26.2 Å². The molecule has 0 amide bonds. The second-order valence-corrected chi connectivity index (χ2v) is 9.26. The van der Waals surface area contributed by atoms with Crippen LogP contribution < -0.4 is 0 Å². The molecule has 0 atom stereocenters. The number of sulfonamides is 1. The van der Waals surface area contributed by atoms with Crippen molar-refractivity contribution in [3.8, 4) is 0 Å². The molecule has 1 aliphatic heterocycles. The number of halogens is 2. The van der Waals surface area contributed by atoms with Crippen molar-refractivity contribution < 1.29 is 13.2 Å². The van der Waals surface area contributed by atoms with E-state index in [9.17, 15) is 13.2 Å². The molecule has 0 N–H and O–H groups in total. The Morgan fingerprint density at radius 1 is 0.963 bits per heavy atom. The molecule has 0 unspecified atom stereocenters. The molecule has 0 aromatic heterocycles. The largest absolute Gasteiger partial charge is 0.296 e. The predicted octanol–water partition coefficient (Wildman–Crippen LogP) is 3.70. The maximum Gasteiger partial charge on any atom is 0.243 e. The quantitative estimate of drug-likeness (QED) is 0.683. The molecular formula is C19H20Cl2N2O3S. The molecule has 1 heterocycles. The standard InChI is InChI=1S/C19H20Cl2N2O3S/c1-14(24)16-3-5-17(6-4-16)27(25,26)23-10-8-22(9-11-23)13-15-2-7-18(20)19(21)12-15/h2-7,12H,8-11,13H2,1H3. The Balaban J connectivity index is 1.63. The van der Waals surface area contributed by atoms with E-state index in [-0.39, 0.29) is 10.7 Å². The first-order valence-electron chi connectivity index (χ1n) is 8.55. The molecule has 1 saturated heterocycles. The molecule has 1 aliphatic rings. The highest BCUT2D eigenvalue weighted by Crippen LogP contribution is 2.24. The van der Waals surface area contributed by atoms with E-state index in [1.165, 1.54) is 23.4 Å². The van der Waals surface area contributed by atoms with Gasteiger partial charge in [-0.2, -0.15) is 4.31 Å². The Bertz CT molecular complexity index is 938. The second-order valence-electron chi connectivity index (χ2n) is 6.51. The first kappa shape index (κ1) is 20.3. The molecule has 27 heavy (non-hydrogen) atoms. The minimum Gasteiger partial charge on any atom is -0.296 e. The number of carbonyl (C=O) groups excluding carboxylic acids is 1. The monoisotopic (exact) mass is 426 g/mol. The summed E-state index contributed by atoms with van der Waals surface area (Å²) in [6.45, 7) is 4.24. The third-order valence-electron chi connectivity index (χ3n) is 4.62. The average molecular weight is 427 g/mol. The van der Waals surface area contributed by atoms with Gasteiger partial charge in [0.25, 0.3) is 0 Å². The number of hydrogen-bond acceptors (Lipinski definition) is 4. The van der Waals surface area contributed by atoms with Crippen LogP contribution in [0.1, 0.15) is 22.8 Å². The van der Waals surface area contributed by atoms with E-state index < -0.39 is 10.0 Å². The maximum absolute atomic E-state index is 12.8. The van der Waals surface area contributed by atoms with Crippen molar-refractivity contribution in [2.45, 2.75) is 18.4 Å². The fourth-order valence-corrected chi connectivity index (χ4v) is 4.78. The summed E-state index contributed by atoms with van der Waals surface area (Å²) in [7, 11) is -3.56. The van der Waals surface area contributed by atoms with Crippen LogP contribution in [0.2, 0.25) is 10.0 Å². The number of piperazine rings is 1. The highest BCUT2D eigenvalue weighted by atomic mass is 35.5. The summed E-state index contributed by atoms with van der Waals surface area (Å²) in [6.07, 6.45) is 0. The van der Waals surface area contributed by atoms with Crippen LogP contribution in [0.4, 0.5) is 0 Å². The highest BCUT2D eigenvalue weighted by Gasteiger charge is 2.28. The highest BCUT2D eigenvalue weighted by molar-refractivity contribution is 7.89. The summed E-state index contributed by atoms with van der Waals surface area (Å²) in [6, 6.07) is 11.6. The molecule has 1 fully saturated rings. The summed E-state index contributed by atoms with van der Waals surface area (Å²) in [5.74, 6) is -0.0881. The van der Waals surface area contributed by atoms with E-state index in [1.807, 2.05) is 12.1 Å². The van der Waals surface area contributed by atoms with Crippen molar-refractivity contribution in [3.05, 3.63) is 63.6 Å². The van der Waals surface area contributed by atoms with Gasteiger partial charge in [-0.05, 0) is 36.8 Å². The zero-order valence-electron chi connectivity index (χ0n) is 14.9. The first-order chi connectivity index (χ1) is 12.8. The summed E-state index contributed by atoms with van der Waals surface area (Å²) in [5.41, 5.74) is 1.54. The minimum atomic E-state index is -3.56. The van der Waals surface area contributed by atoms with Gasteiger partial charge in [0.2, 0.25) is 10.0 Å². The van der Waals surface area contributed by atoms with E-state index in [1.54, 1.807) is 18.2 Å². The third-order valence-corrected chi connectivity index (χ3v) is 7.27. The lowest BCUT2D eigenvalue weighted by Gasteiger charge is -2.34. The Kier molecular flexibility index (Phi) is 6.23. The van der Waals surface area contributed by atoms with Crippen LogP contribution in [0.25, 0.3) is 0 Å². The normalized spacial score (nSPS) is 16.4. The van der Waals surface area contributed by atoms with E-state index in [2.05, 4.69) is 4.90 Å². The molecular weight excluding hydrogens is 407 g/mol. The summed E-state index contributed by atoms with van der Waals surface area (Å²) >= 11 is 12.0. The van der Waals surface area contributed by atoms with Gasteiger partial charge in [0.15, 0.2) is 5.78 Å². The van der Waals surface area contributed by atoms with Crippen molar-refractivity contribution in [1.82, 2.24) is 9.21 Å². The molecule has 5 nitrogen and oxygen atoms in total. The number of nitrogens with zero attached hydrogens (tertiary/aromatic N) is 2. The third kappa shape index (κ3) is 4.70. The number of rotatable bonds is 5. The fraction of sp³-hybridized carbons (Fsp3) is 0.316. The second kappa shape index (κ2) is 8.29. The van der Waals surface area contributed by atoms with Crippen LogP contribution >= 0.6 is 23.2 Å². The molecule has 0 spiro atoms. The van der Waals surface area contributed by atoms with Crippen molar-refractivity contribution in [1.29, 1.82) is 0 Å². The topological polar surface area (TPSA) is 57.7 Å². The van der Waals surface area contributed by atoms with E-state index >= 15 is 0 Å². The predicted molar refractivity (Wildman–Crippen MR) is 107 cm³/mol. The Morgan fingerprint density at radius 2 is 1.59 bits per heavy atom. The smallest absolute Gasteiger partial charge is 0.243 e. The summed E-state index contributed by atoms with van der Waals surface area (Å²) < 4.78 is 27.1. The van der Waals surface area contributed by atoms with Crippen LogP contribution in [-0.4, -0.2) is 49.6 Å². The molecule has 144 valence electrons. The molecule has 8 heteroatoms. The summed E-state index contributed by atoms with van der Waals surface area (Å²) in [4.78, 5) is 13.8. The van der Waals surface area contributed by atoms with Crippen LogP contribution in [-0.2, 0) is 16.6 Å². The number of ketones is 1. The zero-order valence-corrected chi connectivity index (χ0v) is 17.2. The van der Waals surface area contributed by atoms with E-state index in [0.29, 0.717) is 48.3 Å². The van der Waals surface area contributed by atoms with Crippen molar-refractivity contribution >= 4 is 39.0 Å². The number of carbonyl (C=O) groups is 1. The zero-order chi connectivity index (χ0) is 19.6. The van der Waals surface area contributed by atoms with Gasteiger partial charge >= 0.3 is 0 Å². The molecule has 0 aliphatic carbocycles. The lowest BCUT2D eigenvalue weighted by molar-refractivity contribution is 0.101. The fourth-order valence-electron chi connectivity index (χ4n) is 3.03. The van der Waals surface area contributed by atoms with E-state index in [4.69, 9.17) is 23.2 Å². The Hall–Kier alpha value is -1.44. The van der Waals surface area contributed by atoms with Crippen LogP contribution in [0.15, 0.2) is 47.4 Å². The van der Waals surface area contributed by atoms with Gasteiger partial charge in [-0.15, -0.1) is 0 Å². The van der Waals surface area contributed by atoms with Gasteiger partial charge in [0.1, 0.15) is 0 Å². The van der Waals surface area contributed by atoms with Crippen molar-refractivity contribution in [2.24, 2.45) is 0 Å². The molecule has 0 saturated carbocycles. The Labute approximate surface area is 169 Å². The average Bonchev–Trinajstić information content (AvgIpc) is 2.65. The molecule has 3 rings (SSSR count). The van der Waals surface area contributed by atoms with Gasteiger partial charge in [-0.3, -0.25) is 9.69 Å². The SMILES string of the molecule is CC(=O)c1ccc(S(=O)(=O)N2CCN(Cc3ccc(Cl)c(Cl)c3)CC2)cc1. The molecule has 0 bridgehead atoms. The Morgan fingerprint density at radius 3 is 2.15 bits per heavy atom. The van der Waals surface area contributed by atoms with Gasteiger partial charge in [-0.1, -0.05) is 41.4 Å². The molecule has 2 aromatic carbocycles. The molecule has 0 radical (unpaired) electrons. The summed E-state index contributed by atoms with van der Waals surface area (Å²) in [5, 5.41) is 1.04. The first-order valence-corrected chi connectivity index (χ1v) is 10.7. The minimum absolute atomic E-state index is 0.0881. The lowest BCUT2D eigenvalue weighted by atomic mass is 10.2. The van der Waals surface area contributed by atoms with Gasteiger partial charge < -0.3 is 0 Å². The van der Waals surface area contributed by atoms with Gasteiger partial charge in [-0.25, -0.2) is 8.42 Å². The number of Topliss-reactive ketones (excluding diaryl/α,β-unsaturated/α-hetero) is 1. The number of benzene rings is 2.